The predicted molar refractivity (Wildman–Crippen MR) is 102 cm³/mol. The molecule has 26 heavy (non-hydrogen) atoms. The number of sulfone groups is 1. The monoisotopic (exact) mass is 377 g/mol. The van der Waals surface area contributed by atoms with Gasteiger partial charge in [0.25, 0.3) is 0 Å². The van der Waals surface area contributed by atoms with Gasteiger partial charge in [-0.25, -0.2) is 12.8 Å². The third kappa shape index (κ3) is 5.84. The molecule has 0 saturated heterocycles. The number of benzene rings is 2. The molecule has 0 heterocycles. The Balaban J connectivity index is 1.88. The number of aliphatic imine (C=N–C) groups is 1. The first-order valence-corrected chi connectivity index (χ1v) is 10.1. The van der Waals surface area contributed by atoms with Crippen LogP contribution in [0.2, 0.25) is 0 Å². The Bertz CT molecular complexity index is 865. The van der Waals surface area contributed by atoms with Crippen LogP contribution in [0.1, 0.15) is 11.1 Å². The molecule has 0 amide bonds. The van der Waals surface area contributed by atoms with Crippen molar-refractivity contribution in [2.45, 2.75) is 17.9 Å². The number of hydrogen-bond donors (Lipinski definition) is 1. The quantitative estimate of drug-likeness (QED) is 0.621. The number of hydrogen-bond acceptors (Lipinski definition) is 3. The number of nitrogens with one attached hydrogen (secondary N) is 1. The molecule has 0 aliphatic heterocycles. The fraction of sp³-hybridized carbons (Fsp3) is 0.316. The summed E-state index contributed by atoms with van der Waals surface area (Å²) >= 11 is 0. The maximum absolute atomic E-state index is 13.3. The van der Waals surface area contributed by atoms with Gasteiger partial charge in [-0.2, -0.15) is 0 Å². The first kappa shape index (κ1) is 19.9. The third-order valence-electron chi connectivity index (χ3n) is 3.93. The Labute approximate surface area is 154 Å². The Kier molecular flexibility index (Phi) is 6.74. The first-order chi connectivity index (χ1) is 12.3. The van der Waals surface area contributed by atoms with Crippen molar-refractivity contribution < 1.29 is 12.8 Å². The van der Waals surface area contributed by atoms with Crippen LogP contribution in [0.25, 0.3) is 0 Å². The van der Waals surface area contributed by atoms with E-state index in [-0.39, 0.29) is 5.82 Å². The lowest BCUT2D eigenvalue weighted by molar-refractivity contribution is 0.475. The zero-order valence-electron chi connectivity index (χ0n) is 15.2. The first-order valence-electron chi connectivity index (χ1n) is 8.25. The summed E-state index contributed by atoms with van der Waals surface area (Å²) in [7, 11) is 0.420. The number of guanidine groups is 1. The Morgan fingerprint density at radius 3 is 2.42 bits per heavy atom. The van der Waals surface area contributed by atoms with Gasteiger partial charge in [0.15, 0.2) is 15.8 Å². The normalized spacial score (nSPS) is 12.1. The molecule has 2 aromatic carbocycles. The summed E-state index contributed by atoms with van der Waals surface area (Å²) in [6.45, 7) is 1.19. The lowest BCUT2D eigenvalue weighted by Gasteiger charge is -2.22. The van der Waals surface area contributed by atoms with Crippen molar-refractivity contribution in [3.63, 3.8) is 0 Å². The van der Waals surface area contributed by atoms with Gasteiger partial charge in [0.2, 0.25) is 0 Å². The van der Waals surface area contributed by atoms with Crippen molar-refractivity contribution in [3.05, 3.63) is 65.5 Å². The summed E-state index contributed by atoms with van der Waals surface area (Å²) in [6, 6.07) is 13.4. The van der Waals surface area contributed by atoms with Gasteiger partial charge in [0.05, 0.1) is 4.90 Å². The minimum Gasteiger partial charge on any atom is -0.356 e. The number of halogens is 1. The van der Waals surface area contributed by atoms with Gasteiger partial charge in [0, 0.05) is 33.4 Å². The average Bonchev–Trinajstić information content (AvgIpc) is 2.58. The molecule has 0 aliphatic carbocycles. The summed E-state index contributed by atoms with van der Waals surface area (Å²) < 4.78 is 36.2. The highest BCUT2D eigenvalue weighted by atomic mass is 32.2. The van der Waals surface area contributed by atoms with E-state index in [1.54, 1.807) is 25.2 Å². The second-order valence-electron chi connectivity index (χ2n) is 6.13. The number of rotatable bonds is 6. The molecule has 2 rings (SSSR count). The highest BCUT2D eigenvalue weighted by molar-refractivity contribution is 7.90. The Morgan fingerprint density at radius 1 is 1.15 bits per heavy atom. The molecule has 5 nitrogen and oxygen atoms in total. The molecule has 0 bridgehead atoms. The van der Waals surface area contributed by atoms with Crippen LogP contribution >= 0.6 is 0 Å². The molecule has 7 heteroatoms. The summed E-state index contributed by atoms with van der Waals surface area (Å²) in [6.07, 6.45) is 1.93. The molecule has 0 aromatic heterocycles. The summed E-state index contributed by atoms with van der Waals surface area (Å²) in [5.41, 5.74) is 1.90. The van der Waals surface area contributed by atoms with Gasteiger partial charge in [-0.05, 0) is 41.8 Å². The van der Waals surface area contributed by atoms with Crippen LogP contribution in [0.5, 0.6) is 0 Å². The SMILES string of the molecule is CN=C(NCCc1ccc(S(C)(=O)=O)cc1)N(C)Cc1cccc(F)c1. The summed E-state index contributed by atoms with van der Waals surface area (Å²) in [5.74, 6) is 0.457. The topological polar surface area (TPSA) is 61.8 Å². The van der Waals surface area contributed by atoms with Crippen LogP contribution in [-0.4, -0.2) is 46.2 Å². The van der Waals surface area contributed by atoms with Gasteiger partial charge in [-0.15, -0.1) is 0 Å². The highest BCUT2D eigenvalue weighted by Crippen LogP contribution is 2.10. The lowest BCUT2D eigenvalue weighted by Crippen LogP contribution is -2.39. The largest absolute Gasteiger partial charge is 0.356 e. The van der Waals surface area contributed by atoms with Crippen molar-refractivity contribution in [1.82, 2.24) is 10.2 Å². The molecular formula is C19H24FN3O2S. The molecular weight excluding hydrogens is 353 g/mol. The van der Waals surface area contributed by atoms with Crippen LogP contribution in [0.4, 0.5) is 4.39 Å². The molecule has 0 atom stereocenters. The molecule has 1 N–H and O–H groups in total. The third-order valence-corrected chi connectivity index (χ3v) is 5.06. The molecule has 0 fully saturated rings. The molecule has 0 aliphatic rings. The van der Waals surface area contributed by atoms with Crippen LogP contribution in [0, 0.1) is 5.82 Å². The maximum atomic E-state index is 13.3. The zero-order chi connectivity index (χ0) is 19.2. The lowest BCUT2D eigenvalue weighted by atomic mass is 10.1. The Morgan fingerprint density at radius 2 is 1.85 bits per heavy atom. The second kappa shape index (κ2) is 8.80. The molecule has 0 unspecified atom stereocenters. The van der Waals surface area contributed by atoms with Gasteiger partial charge in [-0.1, -0.05) is 24.3 Å². The molecule has 2 aromatic rings. The van der Waals surface area contributed by atoms with Crippen LogP contribution < -0.4 is 5.32 Å². The number of nitrogens with zero attached hydrogens (tertiary/aromatic N) is 2. The minimum absolute atomic E-state index is 0.253. The van der Waals surface area contributed by atoms with Crippen LogP contribution in [0.3, 0.4) is 0 Å². The van der Waals surface area contributed by atoms with Crippen molar-refractivity contribution in [2.24, 2.45) is 4.99 Å². The van der Waals surface area contributed by atoms with Crippen LogP contribution in [0.15, 0.2) is 58.4 Å². The fourth-order valence-electron chi connectivity index (χ4n) is 2.59. The molecule has 0 radical (unpaired) electrons. The van der Waals surface area contributed by atoms with Crippen molar-refractivity contribution in [2.75, 3.05) is 26.9 Å². The van der Waals surface area contributed by atoms with Crippen molar-refractivity contribution in [1.29, 1.82) is 0 Å². The van der Waals surface area contributed by atoms with Crippen molar-refractivity contribution >= 4 is 15.8 Å². The second-order valence-corrected chi connectivity index (χ2v) is 8.14. The average molecular weight is 377 g/mol. The molecule has 0 spiro atoms. The van der Waals surface area contributed by atoms with Crippen LogP contribution in [-0.2, 0) is 22.8 Å². The molecule has 140 valence electrons. The minimum atomic E-state index is -3.17. The van der Waals surface area contributed by atoms with Gasteiger partial charge < -0.3 is 10.2 Å². The van der Waals surface area contributed by atoms with Gasteiger partial charge >= 0.3 is 0 Å². The van der Waals surface area contributed by atoms with E-state index >= 15 is 0 Å². The molecule has 0 saturated carbocycles. The van der Waals surface area contributed by atoms with E-state index in [1.165, 1.54) is 18.4 Å². The van der Waals surface area contributed by atoms with Gasteiger partial charge in [-0.3, -0.25) is 4.99 Å². The predicted octanol–water partition coefficient (Wildman–Crippen LogP) is 2.48. The van der Waals surface area contributed by atoms with E-state index in [1.807, 2.05) is 30.1 Å². The Hall–Kier alpha value is -2.41. The smallest absolute Gasteiger partial charge is 0.193 e. The van der Waals surface area contributed by atoms with E-state index in [9.17, 15) is 12.8 Å². The van der Waals surface area contributed by atoms with E-state index in [0.29, 0.717) is 23.9 Å². The summed E-state index contributed by atoms with van der Waals surface area (Å²) in [5, 5.41) is 3.26. The highest BCUT2D eigenvalue weighted by Gasteiger charge is 2.08. The van der Waals surface area contributed by atoms with Gasteiger partial charge in [0.1, 0.15) is 5.82 Å². The van der Waals surface area contributed by atoms with Crippen molar-refractivity contribution in [3.8, 4) is 0 Å². The standard InChI is InChI=1S/C19H24FN3O2S/c1-21-19(23(2)14-16-5-4-6-17(20)13-16)22-12-11-15-7-9-18(10-8-15)26(3,24)25/h4-10,13H,11-12,14H2,1-3H3,(H,21,22). The van der Waals surface area contributed by atoms with E-state index in [0.717, 1.165) is 17.5 Å². The van der Waals surface area contributed by atoms with E-state index < -0.39 is 9.84 Å². The zero-order valence-corrected chi connectivity index (χ0v) is 16.1. The van der Waals surface area contributed by atoms with E-state index in [2.05, 4.69) is 10.3 Å². The summed E-state index contributed by atoms with van der Waals surface area (Å²) in [4.78, 5) is 6.48. The van der Waals surface area contributed by atoms with E-state index in [4.69, 9.17) is 0 Å². The fourth-order valence-corrected chi connectivity index (χ4v) is 3.22. The maximum Gasteiger partial charge on any atom is 0.193 e.